The fourth-order valence-corrected chi connectivity index (χ4v) is 9.44. The molecule has 55 heavy (non-hydrogen) atoms. The lowest BCUT2D eigenvalue weighted by Crippen LogP contribution is -2.42. The van der Waals surface area contributed by atoms with E-state index in [2.05, 4.69) is 15.2 Å². The van der Waals surface area contributed by atoms with Crippen molar-refractivity contribution in [2.24, 2.45) is 5.41 Å². The predicted octanol–water partition coefficient (Wildman–Crippen LogP) is 7.76. The highest BCUT2D eigenvalue weighted by atomic mass is 32.1. The Morgan fingerprint density at radius 3 is 2.56 bits per heavy atom. The topological polar surface area (TPSA) is 134 Å². The average Bonchev–Trinajstić information content (AvgIpc) is 3.79. The predicted molar refractivity (Wildman–Crippen MR) is 213 cm³/mol. The van der Waals surface area contributed by atoms with Gasteiger partial charge in [0.15, 0.2) is 10.8 Å². The summed E-state index contributed by atoms with van der Waals surface area (Å²) in [6, 6.07) is 23.1. The normalized spacial score (nSPS) is 17.9. The maximum Gasteiger partial charge on any atom is 0.355 e. The van der Waals surface area contributed by atoms with Crippen LogP contribution in [0, 0.1) is 12.3 Å². The number of piperidine rings is 1. The number of hydrogen-bond acceptors (Lipinski definition) is 10. The van der Waals surface area contributed by atoms with E-state index in [0.717, 1.165) is 83.4 Å². The lowest BCUT2D eigenvalue weighted by atomic mass is 9.77. The number of para-hydroxylation sites is 1. The number of rotatable bonds is 10. The zero-order chi connectivity index (χ0) is 38.1. The Labute approximate surface area is 324 Å². The van der Waals surface area contributed by atoms with E-state index in [1.165, 1.54) is 11.3 Å². The van der Waals surface area contributed by atoms with Crippen LogP contribution < -0.4 is 15.0 Å². The molecular weight excluding hydrogens is 715 g/mol. The number of carboxylic acid groups (broad SMARTS) is 1. The third-order valence-electron chi connectivity index (χ3n) is 11.5. The Morgan fingerprint density at radius 2 is 1.76 bits per heavy atom. The third kappa shape index (κ3) is 7.66. The molecule has 8 rings (SSSR count). The number of ether oxygens (including phenoxy) is 2. The van der Waals surface area contributed by atoms with Gasteiger partial charge < -0.3 is 19.5 Å². The van der Waals surface area contributed by atoms with E-state index in [-0.39, 0.29) is 29.1 Å². The lowest BCUT2D eigenvalue weighted by molar-refractivity contribution is -0.145. The van der Waals surface area contributed by atoms with Crippen LogP contribution in [0.2, 0.25) is 0 Å². The maximum absolute atomic E-state index is 13.6. The summed E-state index contributed by atoms with van der Waals surface area (Å²) in [5, 5.41) is 14.0. The molecule has 2 N–H and O–H groups in total. The van der Waals surface area contributed by atoms with Gasteiger partial charge in [0, 0.05) is 24.2 Å². The first-order chi connectivity index (χ1) is 26.7. The van der Waals surface area contributed by atoms with Crippen molar-refractivity contribution in [3.63, 3.8) is 0 Å². The van der Waals surface area contributed by atoms with Crippen molar-refractivity contribution in [3.8, 4) is 16.9 Å². The van der Waals surface area contributed by atoms with Gasteiger partial charge in [0.2, 0.25) is 0 Å². The molecule has 2 aromatic heterocycles. The zero-order valence-corrected chi connectivity index (χ0v) is 32.0. The highest BCUT2D eigenvalue weighted by Crippen LogP contribution is 2.48. The summed E-state index contributed by atoms with van der Waals surface area (Å²) in [6.07, 6.45) is 5.84. The molecule has 2 aliphatic heterocycles. The summed E-state index contributed by atoms with van der Waals surface area (Å²) in [5.41, 5.74) is 5.75. The van der Waals surface area contributed by atoms with Crippen molar-refractivity contribution in [2.75, 3.05) is 43.0 Å². The summed E-state index contributed by atoms with van der Waals surface area (Å²) in [7, 11) is 0. The number of esters is 1. The highest BCUT2D eigenvalue weighted by Gasteiger charge is 2.42. The Kier molecular flexibility index (Phi) is 10.3. The van der Waals surface area contributed by atoms with E-state index in [9.17, 15) is 19.5 Å². The van der Waals surface area contributed by atoms with E-state index < -0.39 is 5.97 Å². The lowest BCUT2D eigenvalue weighted by Gasteiger charge is -2.39. The van der Waals surface area contributed by atoms with Crippen molar-refractivity contribution >= 4 is 50.3 Å². The number of carboxylic acids is 1. The summed E-state index contributed by atoms with van der Waals surface area (Å²) in [4.78, 5) is 51.9. The summed E-state index contributed by atoms with van der Waals surface area (Å²) in [5.74, 6) is -0.198. The molecule has 3 aliphatic rings. The number of thiazole rings is 1. The third-order valence-corrected chi connectivity index (χ3v) is 12.5. The number of carbonyl (C=O) groups is 3. The van der Waals surface area contributed by atoms with Crippen LogP contribution in [-0.2, 0) is 22.5 Å². The van der Waals surface area contributed by atoms with Gasteiger partial charge in [-0.2, -0.15) is 0 Å². The minimum Gasteiger partial charge on any atom is -0.490 e. The van der Waals surface area contributed by atoms with Crippen molar-refractivity contribution < 1.29 is 29.0 Å². The molecule has 1 atom stereocenters. The van der Waals surface area contributed by atoms with Gasteiger partial charge in [-0.1, -0.05) is 47.7 Å². The van der Waals surface area contributed by atoms with E-state index in [4.69, 9.17) is 14.5 Å². The van der Waals surface area contributed by atoms with Gasteiger partial charge in [0.05, 0.1) is 29.5 Å². The first-order valence-corrected chi connectivity index (χ1v) is 19.9. The number of pyridine rings is 1. The van der Waals surface area contributed by atoms with Crippen molar-refractivity contribution in [1.29, 1.82) is 0 Å². The number of hydrogen-bond donors (Lipinski definition) is 2. The van der Waals surface area contributed by atoms with Gasteiger partial charge in [-0.3, -0.25) is 19.8 Å². The molecular formula is C43H45N5O6S. The molecule has 0 unspecified atom stereocenters. The van der Waals surface area contributed by atoms with Crippen molar-refractivity contribution in [3.05, 3.63) is 101 Å². The van der Waals surface area contributed by atoms with Crippen LogP contribution in [0.4, 0.5) is 10.9 Å². The molecule has 12 heteroatoms. The SMILES string of the molecule is CCOC(=O)CN1CCC2(CC[C@H](Oc3cccc(-c4ccc(N5CCc6cccc(C(=O)Nc7nc8ccccc8s7)c6C5)nc4C(=O)O)c3C)C2)CC1. The molecule has 0 bridgehead atoms. The molecule has 1 saturated heterocycles. The molecule has 2 fully saturated rings. The van der Waals surface area contributed by atoms with Gasteiger partial charge in [0.1, 0.15) is 11.6 Å². The Morgan fingerprint density at radius 1 is 0.945 bits per heavy atom. The summed E-state index contributed by atoms with van der Waals surface area (Å²) < 4.78 is 12.8. The number of nitrogens with one attached hydrogen (secondary N) is 1. The van der Waals surface area contributed by atoms with E-state index in [1.54, 1.807) is 0 Å². The smallest absolute Gasteiger partial charge is 0.355 e. The Hall–Kier alpha value is -5.33. The van der Waals surface area contributed by atoms with Crippen molar-refractivity contribution in [1.82, 2.24) is 14.9 Å². The fraction of sp³-hybridized carbons (Fsp3) is 0.372. The van der Waals surface area contributed by atoms with Gasteiger partial charge in [-0.15, -0.1) is 0 Å². The molecule has 5 aromatic rings. The summed E-state index contributed by atoms with van der Waals surface area (Å²) >= 11 is 1.44. The van der Waals surface area contributed by atoms with Gasteiger partial charge in [-0.05, 0) is 130 Å². The molecule has 4 heterocycles. The van der Waals surface area contributed by atoms with Gasteiger partial charge >= 0.3 is 11.9 Å². The minimum absolute atomic E-state index is 0.0280. The number of aromatic carboxylic acids is 1. The molecule has 1 amide bonds. The first-order valence-electron chi connectivity index (χ1n) is 19.1. The number of fused-ring (bicyclic) bond motifs is 2. The Balaban J connectivity index is 0.967. The highest BCUT2D eigenvalue weighted by molar-refractivity contribution is 7.22. The first kappa shape index (κ1) is 36.6. The van der Waals surface area contributed by atoms with Crippen LogP contribution in [0.3, 0.4) is 0 Å². The second-order valence-corrected chi connectivity index (χ2v) is 15.9. The number of amides is 1. The second kappa shape index (κ2) is 15.4. The van der Waals surface area contributed by atoms with E-state index in [0.29, 0.717) is 54.7 Å². The van der Waals surface area contributed by atoms with Crippen molar-refractivity contribution in [2.45, 2.75) is 65.0 Å². The number of likely N-dealkylation sites (tertiary alicyclic amines) is 1. The van der Waals surface area contributed by atoms with Crippen LogP contribution in [0.25, 0.3) is 21.3 Å². The molecule has 1 spiro atoms. The molecule has 1 saturated carbocycles. The second-order valence-electron chi connectivity index (χ2n) is 14.9. The number of aromatic nitrogens is 2. The molecule has 3 aromatic carbocycles. The van der Waals surface area contributed by atoms with E-state index >= 15 is 0 Å². The van der Waals surface area contributed by atoms with Crippen LogP contribution in [0.5, 0.6) is 5.75 Å². The zero-order valence-electron chi connectivity index (χ0n) is 31.2. The number of nitrogens with zero attached hydrogens (tertiary/aromatic N) is 4. The average molecular weight is 760 g/mol. The fourth-order valence-electron chi connectivity index (χ4n) is 8.58. The standard InChI is InChI=1S/C43H45N5O6S/c1-3-53-38(49)26-47-22-19-43(20-23-47)18-16-29(24-43)54-35-12-7-9-30(27(35)2)31-14-15-37(45-39(31)41(51)52)48-21-17-28-8-6-10-32(33(28)25-48)40(50)46-42-44-34-11-4-5-13-36(34)55-42/h4-15,29H,3,16-26H2,1-2H3,(H,51,52)(H,44,46,50)/t29-/m0/s1. The van der Waals surface area contributed by atoms with E-state index in [1.807, 2.05) is 91.5 Å². The molecule has 284 valence electrons. The van der Waals surface area contributed by atoms with Crippen LogP contribution in [0.1, 0.15) is 76.6 Å². The number of benzene rings is 3. The maximum atomic E-state index is 13.6. The van der Waals surface area contributed by atoms with Crippen LogP contribution in [-0.4, -0.2) is 76.7 Å². The quantitative estimate of drug-likeness (QED) is 0.136. The van der Waals surface area contributed by atoms with Gasteiger partial charge in [0.25, 0.3) is 5.91 Å². The number of carbonyl (C=O) groups excluding carboxylic acids is 2. The van der Waals surface area contributed by atoms with Crippen LogP contribution in [0.15, 0.2) is 72.8 Å². The number of anilines is 2. The Bertz CT molecular complexity index is 2230. The van der Waals surface area contributed by atoms with Gasteiger partial charge in [-0.25, -0.2) is 14.8 Å². The monoisotopic (exact) mass is 759 g/mol. The molecule has 0 radical (unpaired) electrons. The molecule has 11 nitrogen and oxygen atoms in total. The molecule has 1 aliphatic carbocycles. The summed E-state index contributed by atoms with van der Waals surface area (Å²) in [6.45, 7) is 7.38. The minimum atomic E-state index is -1.11. The van der Waals surface area contributed by atoms with Crippen LogP contribution >= 0.6 is 11.3 Å². The largest absolute Gasteiger partial charge is 0.490 e.